The molecule has 0 aliphatic heterocycles. The lowest BCUT2D eigenvalue weighted by molar-refractivity contribution is -0.136. The molecule has 2 aromatic carbocycles. The van der Waals surface area contributed by atoms with Crippen molar-refractivity contribution in [2.75, 3.05) is 7.11 Å². The topological polar surface area (TPSA) is 99.6 Å². The lowest BCUT2D eigenvalue weighted by atomic mass is 10.0. The highest BCUT2D eigenvalue weighted by molar-refractivity contribution is 5.99. The summed E-state index contributed by atoms with van der Waals surface area (Å²) in [6, 6.07) is 8.69. The van der Waals surface area contributed by atoms with Crippen LogP contribution in [0.4, 0.5) is 4.39 Å². The minimum Gasteiger partial charge on any atom is -0.494 e. The van der Waals surface area contributed by atoms with Crippen LogP contribution in [0.15, 0.2) is 36.4 Å². The number of H-pyrrole nitrogens is 1. The Morgan fingerprint density at radius 1 is 1.16 bits per heavy atom. The highest BCUT2D eigenvalue weighted by Gasteiger charge is 2.18. The zero-order valence-corrected chi connectivity index (χ0v) is 13.2. The summed E-state index contributed by atoms with van der Waals surface area (Å²) >= 11 is 0. The van der Waals surface area contributed by atoms with Gasteiger partial charge in [-0.25, -0.2) is 9.18 Å². The van der Waals surface area contributed by atoms with Crippen LogP contribution in [0.25, 0.3) is 22.2 Å². The largest absolute Gasteiger partial charge is 0.494 e. The molecule has 0 fully saturated rings. The van der Waals surface area contributed by atoms with Gasteiger partial charge in [0.2, 0.25) is 0 Å². The van der Waals surface area contributed by atoms with Gasteiger partial charge >= 0.3 is 11.9 Å². The molecule has 3 rings (SSSR count). The molecular formula is C18H14FNO5. The lowest BCUT2D eigenvalue weighted by Crippen LogP contribution is -2.02. The Balaban J connectivity index is 2.24. The van der Waals surface area contributed by atoms with Crippen molar-refractivity contribution in [3.63, 3.8) is 0 Å². The third-order valence-corrected chi connectivity index (χ3v) is 3.92. The molecule has 0 saturated heterocycles. The molecule has 0 aliphatic rings. The molecule has 3 aromatic rings. The van der Waals surface area contributed by atoms with Crippen LogP contribution >= 0.6 is 0 Å². The number of nitrogens with one attached hydrogen (secondary N) is 1. The van der Waals surface area contributed by atoms with Gasteiger partial charge in [-0.1, -0.05) is 0 Å². The standard InChI is InChI=1S/C18H14FNO5/c1-25-15-5-3-9(7-13(15)19)17-12(8-16(21)22)11-6-10(18(23)24)2-4-14(11)20-17/h2-7,20H,8H2,1H3,(H,21,22)(H,23,24). The first kappa shape index (κ1) is 16.5. The Kier molecular flexibility index (Phi) is 4.14. The maximum Gasteiger partial charge on any atom is 0.335 e. The number of halogens is 1. The number of hydrogen-bond donors (Lipinski definition) is 3. The summed E-state index contributed by atoms with van der Waals surface area (Å²) < 4.78 is 18.9. The van der Waals surface area contributed by atoms with Gasteiger partial charge in [-0.3, -0.25) is 4.79 Å². The smallest absolute Gasteiger partial charge is 0.335 e. The third-order valence-electron chi connectivity index (χ3n) is 3.92. The van der Waals surface area contributed by atoms with Crippen molar-refractivity contribution in [1.82, 2.24) is 4.98 Å². The van der Waals surface area contributed by atoms with Crippen molar-refractivity contribution in [2.45, 2.75) is 6.42 Å². The van der Waals surface area contributed by atoms with Gasteiger partial charge in [0, 0.05) is 16.5 Å². The quantitative estimate of drug-likeness (QED) is 0.660. The van der Waals surface area contributed by atoms with Gasteiger partial charge in [0.25, 0.3) is 0 Å². The number of ether oxygens (including phenoxy) is 1. The van der Waals surface area contributed by atoms with Crippen molar-refractivity contribution in [2.24, 2.45) is 0 Å². The summed E-state index contributed by atoms with van der Waals surface area (Å²) in [6.07, 6.45) is -0.327. The molecule has 25 heavy (non-hydrogen) atoms. The minimum absolute atomic E-state index is 0.0469. The monoisotopic (exact) mass is 343 g/mol. The van der Waals surface area contributed by atoms with Crippen molar-refractivity contribution < 1.29 is 28.9 Å². The summed E-state index contributed by atoms with van der Waals surface area (Å²) in [6.45, 7) is 0. The van der Waals surface area contributed by atoms with Gasteiger partial charge < -0.3 is 19.9 Å². The molecular weight excluding hydrogens is 329 g/mol. The number of carboxylic acids is 2. The number of carboxylic acid groups (broad SMARTS) is 2. The van der Waals surface area contributed by atoms with Crippen LogP contribution in [0.3, 0.4) is 0 Å². The molecule has 1 aromatic heterocycles. The highest BCUT2D eigenvalue weighted by Crippen LogP contribution is 2.33. The fourth-order valence-corrected chi connectivity index (χ4v) is 2.78. The average molecular weight is 343 g/mol. The van der Waals surface area contributed by atoms with E-state index in [0.29, 0.717) is 27.7 Å². The molecule has 0 saturated carbocycles. The van der Waals surface area contributed by atoms with Gasteiger partial charge in [-0.05, 0) is 42.0 Å². The molecule has 7 heteroatoms. The summed E-state index contributed by atoms with van der Waals surface area (Å²) in [5.74, 6) is -2.68. The van der Waals surface area contributed by atoms with Gasteiger partial charge in [-0.2, -0.15) is 0 Å². The molecule has 1 heterocycles. The maximum atomic E-state index is 14.0. The second kappa shape index (κ2) is 6.27. The van der Waals surface area contributed by atoms with E-state index in [1.165, 1.54) is 31.4 Å². The predicted molar refractivity (Wildman–Crippen MR) is 88.5 cm³/mol. The fraction of sp³-hybridized carbons (Fsp3) is 0.111. The predicted octanol–water partition coefficient (Wildman–Crippen LogP) is 3.31. The number of rotatable bonds is 5. The molecule has 0 spiro atoms. The van der Waals surface area contributed by atoms with E-state index >= 15 is 0 Å². The molecule has 0 radical (unpaired) electrons. The molecule has 0 atom stereocenters. The number of hydrogen-bond acceptors (Lipinski definition) is 3. The van der Waals surface area contributed by atoms with E-state index in [1.807, 2.05) is 0 Å². The van der Waals surface area contributed by atoms with Crippen LogP contribution in [0.2, 0.25) is 0 Å². The molecule has 128 valence electrons. The molecule has 6 nitrogen and oxygen atoms in total. The second-order valence-corrected chi connectivity index (χ2v) is 5.46. The summed E-state index contributed by atoms with van der Waals surface area (Å²) in [5.41, 5.74) is 1.90. The first-order chi connectivity index (χ1) is 11.9. The number of aromatic nitrogens is 1. The van der Waals surface area contributed by atoms with E-state index in [2.05, 4.69) is 4.98 Å². The lowest BCUT2D eigenvalue weighted by Gasteiger charge is -2.06. The zero-order valence-electron chi connectivity index (χ0n) is 13.2. The number of aromatic amines is 1. The molecule has 0 aliphatic carbocycles. The van der Waals surface area contributed by atoms with E-state index in [9.17, 15) is 19.1 Å². The number of benzene rings is 2. The number of aromatic carboxylic acids is 1. The normalized spacial score (nSPS) is 10.8. The number of methoxy groups -OCH3 is 1. The van der Waals surface area contributed by atoms with Crippen LogP contribution in [0.1, 0.15) is 15.9 Å². The summed E-state index contributed by atoms with van der Waals surface area (Å²) in [7, 11) is 1.35. The van der Waals surface area contributed by atoms with E-state index in [4.69, 9.17) is 9.84 Å². The average Bonchev–Trinajstić information content (AvgIpc) is 2.92. The molecule has 0 unspecified atom stereocenters. The summed E-state index contributed by atoms with van der Waals surface area (Å²) in [4.78, 5) is 25.5. The van der Waals surface area contributed by atoms with Crippen LogP contribution in [-0.4, -0.2) is 34.2 Å². The van der Waals surface area contributed by atoms with Gasteiger partial charge in [0.05, 0.1) is 24.8 Å². The van der Waals surface area contributed by atoms with E-state index in [1.54, 1.807) is 12.1 Å². The third kappa shape index (κ3) is 3.03. The van der Waals surface area contributed by atoms with E-state index in [-0.39, 0.29) is 17.7 Å². The zero-order chi connectivity index (χ0) is 18.1. The molecule has 0 amide bonds. The van der Waals surface area contributed by atoms with Crippen LogP contribution in [-0.2, 0) is 11.2 Å². The van der Waals surface area contributed by atoms with Crippen LogP contribution in [0.5, 0.6) is 5.75 Å². The number of carbonyl (C=O) groups is 2. The van der Waals surface area contributed by atoms with E-state index in [0.717, 1.165) is 0 Å². The Morgan fingerprint density at radius 3 is 2.52 bits per heavy atom. The van der Waals surface area contributed by atoms with Crippen LogP contribution < -0.4 is 4.74 Å². The first-order valence-electron chi connectivity index (χ1n) is 7.34. The Morgan fingerprint density at radius 2 is 1.92 bits per heavy atom. The molecule has 0 bridgehead atoms. The maximum absolute atomic E-state index is 14.0. The van der Waals surface area contributed by atoms with Crippen molar-refractivity contribution in [1.29, 1.82) is 0 Å². The van der Waals surface area contributed by atoms with Gasteiger partial charge in [-0.15, -0.1) is 0 Å². The van der Waals surface area contributed by atoms with Crippen LogP contribution in [0, 0.1) is 5.82 Å². The minimum atomic E-state index is -1.11. The Hall–Kier alpha value is -3.35. The Bertz CT molecular complexity index is 993. The van der Waals surface area contributed by atoms with Crippen molar-refractivity contribution in [3.8, 4) is 17.0 Å². The highest BCUT2D eigenvalue weighted by atomic mass is 19.1. The Labute approximate surface area is 141 Å². The number of aliphatic carboxylic acids is 1. The van der Waals surface area contributed by atoms with Crippen molar-refractivity contribution in [3.05, 3.63) is 53.3 Å². The van der Waals surface area contributed by atoms with E-state index < -0.39 is 17.8 Å². The van der Waals surface area contributed by atoms with Gasteiger partial charge in [0.15, 0.2) is 11.6 Å². The van der Waals surface area contributed by atoms with Gasteiger partial charge in [0.1, 0.15) is 0 Å². The molecule has 3 N–H and O–H groups in total. The summed E-state index contributed by atoms with van der Waals surface area (Å²) in [5, 5.41) is 18.8. The SMILES string of the molecule is COc1ccc(-c2[nH]c3ccc(C(=O)O)cc3c2CC(=O)O)cc1F. The number of fused-ring (bicyclic) bond motifs is 1. The van der Waals surface area contributed by atoms with Crippen molar-refractivity contribution >= 4 is 22.8 Å². The first-order valence-corrected chi connectivity index (χ1v) is 7.34. The fourth-order valence-electron chi connectivity index (χ4n) is 2.78. The second-order valence-electron chi connectivity index (χ2n) is 5.46.